The Hall–Kier alpha value is 0.300. The van der Waals surface area contributed by atoms with E-state index in [9.17, 15) is 5.11 Å². The molecule has 0 aliphatic carbocycles. The van der Waals surface area contributed by atoms with Gasteiger partial charge in [0.25, 0.3) is 0 Å². The lowest BCUT2D eigenvalue weighted by Gasteiger charge is -2.12. The van der Waals surface area contributed by atoms with Gasteiger partial charge in [-0.3, -0.25) is 0 Å². The number of hydrogen-bond acceptors (Lipinski definition) is 2. The molecule has 4 heteroatoms. The number of aliphatic hydroxyl groups is 1. The van der Waals surface area contributed by atoms with E-state index in [1.54, 1.807) is 0 Å². The van der Waals surface area contributed by atoms with Gasteiger partial charge in [-0.2, -0.15) is 11.8 Å². The molecule has 0 fully saturated rings. The molecule has 1 nitrogen and oxygen atoms in total. The van der Waals surface area contributed by atoms with Gasteiger partial charge in [-0.15, -0.1) is 0 Å². The average Bonchev–Trinajstić information content (AvgIpc) is 2.29. The summed E-state index contributed by atoms with van der Waals surface area (Å²) in [4.78, 5) is 0. The van der Waals surface area contributed by atoms with Crippen molar-refractivity contribution >= 4 is 39.3 Å². The molecule has 0 unspecified atom stereocenters. The van der Waals surface area contributed by atoms with Gasteiger partial charge in [0.2, 0.25) is 0 Å². The van der Waals surface area contributed by atoms with Crippen molar-refractivity contribution < 1.29 is 5.11 Å². The molecule has 1 heterocycles. The molecule has 1 N–H and O–H groups in total. The highest BCUT2D eigenvalue weighted by Crippen LogP contribution is 2.36. The summed E-state index contributed by atoms with van der Waals surface area (Å²) >= 11 is 11.3. The summed E-state index contributed by atoms with van der Waals surface area (Å²) in [6.07, 6.45) is 0.444. The van der Waals surface area contributed by atoms with E-state index in [-0.39, 0.29) is 6.10 Å². The summed E-state index contributed by atoms with van der Waals surface area (Å²) in [6.45, 7) is 0. The third-order valence-corrected chi connectivity index (χ3v) is 4.15. The highest BCUT2D eigenvalue weighted by molar-refractivity contribution is 9.10. The number of halogens is 2. The molecule has 1 aromatic rings. The maximum Gasteiger partial charge on any atom is 0.0801 e. The fourth-order valence-electron chi connectivity index (χ4n) is 1.60. The molecule has 0 saturated carbocycles. The van der Waals surface area contributed by atoms with Gasteiger partial charge in [0.15, 0.2) is 0 Å². The van der Waals surface area contributed by atoms with E-state index in [0.29, 0.717) is 0 Å². The van der Waals surface area contributed by atoms with Crippen LogP contribution in [-0.4, -0.2) is 10.9 Å². The molecule has 0 aromatic heterocycles. The molecule has 0 bridgehead atoms. The summed E-state index contributed by atoms with van der Waals surface area (Å²) in [5.74, 6) is 1.89. The van der Waals surface area contributed by atoms with Crippen LogP contribution >= 0.6 is 39.3 Å². The second-order valence-electron chi connectivity index (χ2n) is 3.31. The normalized spacial score (nSPS) is 21.5. The zero-order valence-electron chi connectivity index (χ0n) is 7.46. The van der Waals surface area contributed by atoms with Gasteiger partial charge >= 0.3 is 0 Å². The largest absolute Gasteiger partial charge is 0.388 e. The van der Waals surface area contributed by atoms with Gasteiger partial charge < -0.3 is 5.11 Å². The molecule has 1 aliphatic rings. The van der Waals surface area contributed by atoms with E-state index in [0.717, 1.165) is 38.5 Å². The highest BCUT2D eigenvalue weighted by atomic mass is 79.9. The van der Waals surface area contributed by atoms with Crippen molar-refractivity contribution in [2.45, 2.75) is 18.3 Å². The fourth-order valence-corrected chi connectivity index (χ4v) is 3.64. The third kappa shape index (κ3) is 2.11. The van der Waals surface area contributed by atoms with Crippen molar-refractivity contribution in [2.24, 2.45) is 0 Å². The predicted octanol–water partition coefficient (Wildman–Crippen LogP) is 3.77. The van der Waals surface area contributed by atoms with E-state index in [4.69, 9.17) is 11.6 Å². The fraction of sp³-hybridized carbons (Fsp3) is 0.400. The first kappa shape index (κ1) is 10.8. The average molecular weight is 294 g/mol. The van der Waals surface area contributed by atoms with Crippen molar-refractivity contribution in [1.82, 2.24) is 0 Å². The first-order valence-corrected chi connectivity index (χ1v) is 6.74. The summed E-state index contributed by atoms with van der Waals surface area (Å²) < 4.78 is 0.937. The monoisotopic (exact) mass is 292 g/mol. The lowest BCUT2D eigenvalue weighted by atomic mass is 10.0. The minimum absolute atomic E-state index is 0.366. The summed E-state index contributed by atoms with van der Waals surface area (Å²) in [5, 5.41) is 10.7. The Kier molecular flexibility index (Phi) is 3.42. The van der Waals surface area contributed by atoms with E-state index in [1.165, 1.54) is 0 Å². The van der Waals surface area contributed by atoms with Crippen LogP contribution in [0.25, 0.3) is 0 Å². The number of rotatable bonds is 0. The van der Waals surface area contributed by atoms with Gasteiger partial charge in [0, 0.05) is 15.2 Å². The Morgan fingerprint density at radius 1 is 1.50 bits per heavy atom. The van der Waals surface area contributed by atoms with E-state index in [2.05, 4.69) is 15.9 Å². The van der Waals surface area contributed by atoms with Crippen LogP contribution in [0.5, 0.6) is 0 Å². The highest BCUT2D eigenvalue weighted by Gasteiger charge is 2.19. The molecular formula is C10H10BrClOS. The van der Waals surface area contributed by atoms with Crippen LogP contribution in [0.2, 0.25) is 5.02 Å². The molecular weight excluding hydrogens is 284 g/mol. The van der Waals surface area contributed by atoms with Crippen LogP contribution in [-0.2, 0) is 5.75 Å². The summed E-state index contributed by atoms with van der Waals surface area (Å²) in [6, 6.07) is 3.86. The first-order valence-electron chi connectivity index (χ1n) is 4.42. The van der Waals surface area contributed by atoms with Gasteiger partial charge in [-0.1, -0.05) is 27.5 Å². The van der Waals surface area contributed by atoms with E-state index >= 15 is 0 Å². The zero-order chi connectivity index (χ0) is 10.1. The van der Waals surface area contributed by atoms with Crippen LogP contribution in [0.15, 0.2) is 16.6 Å². The van der Waals surface area contributed by atoms with E-state index < -0.39 is 0 Å². The molecule has 1 aliphatic heterocycles. The topological polar surface area (TPSA) is 20.2 Å². The van der Waals surface area contributed by atoms with Gasteiger partial charge in [-0.05, 0) is 35.4 Å². The second-order valence-corrected chi connectivity index (χ2v) is 5.74. The third-order valence-electron chi connectivity index (χ3n) is 2.34. The van der Waals surface area contributed by atoms with Crippen molar-refractivity contribution in [1.29, 1.82) is 0 Å². The Morgan fingerprint density at radius 3 is 3.07 bits per heavy atom. The first-order chi connectivity index (χ1) is 6.68. The molecule has 0 amide bonds. The predicted molar refractivity (Wildman–Crippen MR) is 64.9 cm³/mol. The maximum absolute atomic E-state index is 9.90. The maximum atomic E-state index is 9.90. The molecule has 0 radical (unpaired) electrons. The van der Waals surface area contributed by atoms with Crippen LogP contribution in [0.1, 0.15) is 23.7 Å². The Labute approximate surface area is 101 Å². The summed E-state index contributed by atoms with van der Waals surface area (Å²) in [5.41, 5.74) is 2.07. The standard InChI is InChI=1S/C10H10BrClOS/c11-6-3-7-8(9(12)4-6)5-14-2-1-10(7)13/h3-4,10,13H,1-2,5H2/t10-/m1/s1. The lowest BCUT2D eigenvalue weighted by molar-refractivity contribution is 0.175. The number of benzene rings is 1. The molecule has 76 valence electrons. The Balaban J connectivity index is 2.53. The molecule has 1 atom stereocenters. The van der Waals surface area contributed by atoms with Crippen molar-refractivity contribution in [2.75, 3.05) is 5.75 Å². The quantitative estimate of drug-likeness (QED) is 0.786. The van der Waals surface area contributed by atoms with Gasteiger partial charge in [0.1, 0.15) is 0 Å². The Morgan fingerprint density at radius 2 is 2.29 bits per heavy atom. The van der Waals surface area contributed by atoms with Crippen LogP contribution in [0.4, 0.5) is 0 Å². The van der Waals surface area contributed by atoms with E-state index in [1.807, 2.05) is 23.9 Å². The molecule has 0 saturated heterocycles. The minimum atomic E-state index is -0.366. The lowest BCUT2D eigenvalue weighted by Crippen LogP contribution is -2.00. The van der Waals surface area contributed by atoms with Crippen molar-refractivity contribution in [3.8, 4) is 0 Å². The van der Waals surface area contributed by atoms with Crippen LogP contribution in [0, 0.1) is 0 Å². The smallest absolute Gasteiger partial charge is 0.0801 e. The second kappa shape index (κ2) is 4.44. The molecule has 14 heavy (non-hydrogen) atoms. The molecule has 2 rings (SSSR count). The molecule has 1 aromatic carbocycles. The van der Waals surface area contributed by atoms with Gasteiger partial charge in [-0.25, -0.2) is 0 Å². The number of thioether (sulfide) groups is 1. The van der Waals surface area contributed by atoms with Crippen LogP contribution < -0.4 is 0 Å². The number of fused-ring (bicyclic) bond motifs is 1. The van der Waals surface area contributed by atoms with Crippen LogP contribution in [0.3, 0.4) is 0 Å². The SMILES string of the molecule is O[C@@H]1CCSCc2c(Cl)cc(Br)cc21. The Bertz CT molecular complexity index is 356. The number of aliphatic hydroxyl groups excluding tert-OH is 1. The zero-order valence-corrected chi connectivity index (χ0v) is 10.6. The minimum Gasteiger partial charge on any atom is -0.388 e. The number of hydrogen-bond donors (Lipinski definition) is 1. The van der Waals surface area contributed by atoms with Crippen molar-refractivity contribution in [3.05, 3.63) is 32.8 Å². The van der Waals surface area contributed by atoms with Crippen molar-refractivity contribution in [3.63, 3.8) is 0 Å². The van der Waals surface area contributed by atoms with Gasteiger partial charge in [0.05, 0.1) is 6.10 Å². The molecule has 0 spiro atoms. The summed E-state index contributed by atoms with van der Waals surface area (Å²) in [7, 11) is 0.